The summed E-state index contributed by atoms with van der Waals surface area (Å²) in [5.74, 6) is 1.29. The minimum Gasteiger partial charge on any atom is -0.357 e. The predicted octanol–water partition coefficient (Wildman–Crippen LogP) is 3.79. The molecule has 0 aliphatic heterocycles. The molecule has 3 rings (SSSR count). The second kappa shape index (κ2) is 9.20. The molecule has 0 saturated heterocycles. The van der Waals surface area contributed by atoms with Crippen molar-refractivity contribution in [2.75, 3.05) is 13.1 Å². The van der Waals surface area contributed by atoms with Gasteiger partial charge in [0.15, 0.2) is 5.96 Å². The number of nitrogens with one attached hydrogen (secondary N) is 2. The van der Waals surface area contributed by atoms with Crippen molar-refractivity contribution in [1.29, 1.82) is 0 Å². The van der Waals surface area contributed by atoms with Gasteiger partial charge in [0.2, 0.25) is 0 Å². The highest BCUT2D eigenvalue weighted by Crippen LogP contribution is 2.17. The number of hydrogen-bond donors (Lipinski definition) is 2. The third-order valence-corrected chi connectivity index (χ3v) is 4.81. The van der Waals surface area contributed by atoms with Crippen LogP contribution in [0.4, 0.5) is 0 Å². The average Bonchev–Trinajstić information content (AvgIpc) is 3.36. The molecule has 0 radical (unpaired) electrons. The molecule has 6 heteroatoms. The fourth-order valence-corrected chi connectivity index (χ4v) is 3.38. The highest BCUT2D eigenvalue weighted by molar-refractivity contribution is 7.07. The van der Waals surface area contributed by atoms with Crippen LogP contribution in [-0.4, -0.2) is 28.8 Å². The normalized spacial score (nSPS) is 12.8. The Morgan fingerprint density at radius 2 is 2.08 bits per heavy atom. The highest BCUT2D eigenvalue weighted by Gasteiger charge is 2.07. The number of benzene rings is 1. The minimum atomic E-state index is 0.450. The first-order valence-corrected chi connectivity index (χ1v) is 9.83. The van der Waals surface area contributed by atoms with Crippen molar-refractivity contribution in [3.63, 3.8) is 0 Å². The Hall–Kier alpha value is -2.60. The van der Waals surface area contributed by atoms with E-state index in [9.17, 15) is 0 Å². The molecule has 0 fully saturated rings. The van der Waals surface area contributed by atoms with Crippen LogP contribution < -0.4 is 10.6 Å². The van der Waals surface area contributed by atoms with Crippen LogP contribution in [0.25, 0.3) is 5.69 Å². The molecule has 0 aliphatic rings. The maximum absolute atomic E-state index is 4.69. The third-order valence-electron chi connectivity index (χ3n) is 4.11. The summed E-state index contributed by atoms with van der Waals surface area (Å²) in [6, 6.07) is 12.3. The Kier molecular flexibility index (Phi) is 6.44. The van der Waals surface area contributed by atoms with Crippen LogP contribution in [0.15, 0.2) is 64.5 Å². The van der Waals surface area contributed by atoms with Gasteiger partial charge in [-0.05, 0) is 47.4 Å². The third kappa shape index (κ3) is 4.95. The number of guanidine groups is 1. The number of thiophene rings is 1. The van der Waals surface area contributed by atoms with Gasteiger partial charge in [-0.2, -0.15) is 16.4 Å². The molecular weight excluding hydrogens is 342 g/mol. The summed E-state index contributed by atoms with van der Waals surface area (Å²) in [4.78, 5) is 4.69. The Labute approximate surface area is 158 Å². The zero-order valence-corrected chi connectivity index (χ0v) is 16.0. The van der Waals surface area contributed by atoms with Crippen molar-refractivity contribution in [3.05, 3.63) is 70.7 Å². The molecular formula is C20H25N5S. The molecule has 0 saturated carbocycles. The lowest BCUT2D eigenvalue weighted by molar-refractivity contribution is 0.701. The maximum Gasteiger partial charge on any atom is 0.191 e. The van der Waals surface area contributed by atoms with Gasteiger partial charge in [-0.1, -0.05) is 25.1 Å². The van der Waals surface area contributed by atoms with Gasteiger partial charge in [0, 0.05) is 24.8 Å². The standard InChI is InChI=1S/C20H25N5S/c1-3-21-20(22-11-16(2)18-9-10-26-15-18)23-12-17-13-24-25(14-17)19-7-5-4-6-8-19/h4-10,13-16H,3,11-12H2,1-2H3,(H2,21,22,23). The molecule has 0 amide bonds. The Balaban J connectivity index is 1.59. The first-order valence-electron chi connectivity index (χ1n) is 8.89. The van der Waals surface area contributed by atoms with Crippen LogP contribution in [0, 0.1) is 0 Å². The molecule has 2 N–H and O–H groups in total. The highest BCUT2D eigenvalue weighted by atomic mass is 32.1. The van der Waals surface area contributed by atoms with Gasteiger partial charge in [-0.3, -0.25) is 0 Å². The van der Waals surface area contributed by atoms with Crippen molar-refractivity contribution >= 4 is 17.3 Å². The molecule has 0 spiro atoms. The summed E-state index contributed by atoms with van der Waals surface area (Å²) in [6.45, 7) is 6.58. The van der Waals surface area contributed by atoms with E-state index in [0.717, 1.165) is 30.3 Å². The predicted molar refractivity (Wildman–Crippen MR) is 109 cm³/mol. The van der Waals surface area contributed by atoms with Crippen LogP contribution in [0.3, 0.4) is 0 Å². The number of aliphatic imine (C=N–C) groups is 1. The molecule has 2 heterocycles. The molecule has 136 valence electrons. The Morgan fingerprint density at radius 3 is 2.81 bits per heavy atom. The Morgan fingerprint density at radius 1 is 1.23 bits per heavy atom. The zero-order valence-electron chi connectivity index (χ0n) is 15.2. The lowest BCUT2D eigenvalue weighted by atomic mass is 10.1. The fourth-order valence-electron chi connectivity index (χ4n) is 2.60. The molecule has 0 aliphatic carbocycles. The van der Waals surface area contributed by atoms with Crippen molar-refractivity contribution in [2.24, 2.45) is 4.99 Å². The van der Waals surface area contributed by atoms with Crippen molar-refractivity contribution in [1.82, 2.24) is 20.4 Å². The smallest absolute Gasteiger partial charge is 0.191 e. The monoisotopic (exact) mass is 367 g/mol. The van der Waals surface area contributed by atoms with E-state index in [0.29, 0.717) is 12.5 Å². The molecule has 0 bridgehead atoms. The van der Waals surface area contributed by atoms with Gasteiger partial charge in [-0.15, -0.1) is 0 Å². The summed E-state index contributed by atoms with van der Waals surface area (Å²) in [5.41, 5.74) is 3.50. The quantitative estimate of drug-likeness (QED) is 0.493. The van der Waals surface area contributed by atoms with Crippen molar-refractivity contribution in [2.45, 2.75) is 26.3 Å². The van der Waals surface area contributed by atoms with E-state index in [2.05, 4.69) is 51.4 Å². The molecule has 5 nitrogen and oxygen atoms in total. The van der Waals surface area contributed by atoms with Crippen LogP contribution >= 0.6 is 11.3 Å². The van der Waals surface area contributed by atoms with Gasteiger partial charge >= 0.3 is 0 Å². The Bertz CT molecular complexity index is 808. The van der Waals surface area contributed by atoms with Crippen molar-refractivity contribution < 1.29 is 0 Å². The number of nitrogens with zero attached hydrogens (tertiary/aromatic N) is 3. The molecule has 3 aromatic rings. The lowest BCUT2D eigenvalue weighted by Gasteiger charge is -2.15. The van der Waals surface area contributed by atoms with E-state index in [1.54, 1.807) is 11.3 Å². The van der Waals surface area contributed by atoms with Crippen LogP contribution in [0.5, 0.6) is 0 Å². The zero-order chi connectivity index (χ0) is 18.2. The maximum atomic E-state index is 4.69. The molecule has 26 heavy (non-hydrogen) atoms. The summed E-state index contributed by atoms with van der Waals surface area (Å²) < 4.78 is 1.88. The topological polar surface area (TPSA) is 54.2 Å². The van der Waals surface area contributed by atoms with Gasteiger partial charge in [0.05, 0.1) is 18.4 Å². The number of hydrogen-bond acceptors (Lipinski definition) is 3. The fraction of sp³-hybridized carbons (Fsp3) is 0.300. The second-order valence-electron chi connectivity index (χ2n) is 6.16. The second-order valence-corrected chi connectivity index (χ2v) is 6.94. The summed E-state index contributed by atoms with van der Waals surface area (Å²) >= 11 is 1.74. The van der Waals surface area contributed by atoms with E-state index in [-0.39, 0.29) is 0 Å². The van der Waals surface area contributed by atoms with Gasteiger partial charge in [-0.25, -0.2) is 9.67 Å². The van der Waals surface area contributed by atoms with E-state index in [4.69, 9.17) is 0 Å². The van der Waals surface area contributed by atoms with Crippen LogP contribution in [-0.2, 0) is 6.54 Å². The number of para-hydroxylation sites is 1. The van der Waals surface area contributed by atoms with Gasteiger partial charge in [0.1, 0.15) is 0 Å². The molecule has 1 unspecified atom stereocenters. The van der Waals surface area contributed by atoms with Crippen LogP contribution in [0.2, 0.25) is 0 Å². The summed E-state index contributed by atoms with van der Waals surface area (Å²) in [5, 5.41) is 15.5. The molecule has 1 aromatic carbocycles. The largest absolute Gasteiger partial charge is 0.357 e. The number of aromatic nitrogens is 2. The van der Waals surface area contributed by atoms with E-state index >= 15 is 0 Å². The van der Waals surface area contributed by atoms with Gasteiger partial charge < -0.3 is 10.6 Å². The first kappa shape index (κ1) is 18.2. The van der Waals surface area contributed by atoms with Gasteiger partial charge in [0.25, 0.3) is 0 Å². The number of rotatable bonds is 7. The van der Waals surface area contributed by atoms with E-state index in [1.807, 2.05) is 47.4 Å². The molecule has 2 aromatic heterocycles. The summed E-state index contributed by atoms with van der Waals surface area (Å²) in [7, 11) is 0. The van der Waals surface area contributed by atoms with Crippen LogP contribution in [0.1, 0.15) is 30.9 Å². The first-order chi connectivity index (χ1) is 12.8. The summed E-state index contributed by atoms with van der Waals surface area (Å²) in [6.07, 6.45) is 3.89. The minimum absolute atomic E-state index is 0.450. The van der Waals surface area contributed by atoms with E-state index in [1.165, 1.54) is 5.56 Å². The van der Waals surface area contributed by atoms with E-state index < -0.39 is 0 Å². The SMILES string of the molecule is CCNC(=NCc1cnn(-c2ccccc2)c1)NCC(C)c1ccsc1. The van der Waals surface area contributed by atoms with Crippen molar-refractivity contribution in [3.8, 4) is 5.69 Å². The average molecular weight is 368 g/mol. The lowest BCUT2D eigenvalue weighted by Crippen LogP contribution is -2.39. The molecule has 1 atom stereocenters.